The summed E-state index contributed by atoms with van der Waals surface area (Å²) in [6.45, 7) is 6.55. The van der Waals surface area contributed by atoms with E-state index in [1.807, 2.05) is 6.92 Å². The first-order valence-electron chi connectivity index (χ1n) is 8.00. The molecule has 2 heteroatoms. The van der Waals surface area contributed by atoms with Gasteiger partial charge in [0.2, 0.25) is 0 Å². The molecule has 2 aliphatic carbocycles. The molecule has 0 aromatic heterocycles. The van der Waals surface area contributed by atoms with Crippen molar-refractivity contribution in [2.24, 2.45) is 17.8 Å². The number of benzene rings is 1. The molecule has 110 valence electrons. The van der Waals surface area contributed by atoms with E-state index in [-0.39, 0.29) is 0 Å². The largest absolute Gasteiger partial charge is 0.390 e. The van der Waals surface area contributed by atoms with E-state index in [2.05, 4.69) is 49.5 Å². The Balaban J connectivity index is 1.63. The summed E-state index contributed by atoms with van der Waals surface area (Å²) < 4.78 is 0. The number of nitrogens with one attached hydrogen (secondary N) is 1. The highest BCUT2D eigenvalue weighted by Gasteiger charge is 2.54. The molecule has 1 aromatic carbocycles. The molecule has 1 aromatic rings. The van der Waals surface area contributed by atoms with Crippen molar-refractivity contribution >= 4 is 0 Å². The molecule has 2 nitrogen and oxygen atoms in total. The molecule has 5 unspecified atom stereocenters. The van der Waals surface area contributed by atoms with E-state index >= 15 is 0 Å². The van der Waals surface area contributed by atoms with Crippen LogP contribution < -0.4 is 5.32 Å². The summed E-state index contributed by atoms with van der Waals surface area (Å²) >= 11 is 0. The summed E-state index contributed by atoms with van der Waals surface area (Å²) in [5, 5.41) is 14.3. The lowest BCUT2D eigenvalue weighted by Crippen LogP contribution is -2.30. The maximum Gasteiger partial charge on any atom is 0.0625 e. The van der Waals surface area contributed by atoms with Crippen molar-refractivity contribution in [2.75, 3.05) is 0 Å². The highest BCUT2D eigenvalue weighted by Crippen LogP contribution is 2.53. The van der Waals surface area contributed by atoms with Crippen molar-refractivity contribution in [3.63, 3.8) is 0 Å². The monoisotopic (exact) mass is 273 g/mol. The standard InChI is InChI=1S/C18H27NO/c1-12-9-15-16(11-18(3,20)10-12)17(15)19-13(2)14-7-5-4-6-8-14/h4-8,12-13,15-17,19-20H,9-11H2,1-3H3/t12?,13-,15?,16?,17?,18?/m0/s1. The Hall–Kier alpha value is -0.860. The van der Waals surface area contributed by atoms with E-state index in [9.17, 15) is 5.11 Å². The average molecular weight is 273 g/mol. The van der Waals surface area contributed by atoms with Crippen LogP contribution in [0.3, 0.4) is 0 Å². The molecule has 0 bridgehead atoms. The Morgan fingerprint density at radius 3 is 2.60 bits per heavy atom. The zero-order valence-electron chi connectivity index (χ0n) is 12.8. The summed E-state index contributed by atoms with van der Waals surface area (Å²) in [4.78, 5) is 0. The lowest BCUT2D eigenvalue weighted by Gasteiger charge is -2.26. The molecule has 2 saturated carbocycles. The molecule has 2 fully saturated rings. The van der Waals surface area contributed by atoms with Gasteiger partial charge >= 0.3 is 0 Å². The number of hydrogen-bond donors (Lipinski definition) is 2. The van der Waals surface area contributed by atoms with Crippen molar-refractivity contribution in [3.05, 3.63) is 35.9 Å². The lowest BCUT2D eigenvalue weighted by molar-refractivity contribution is 0.0265. The van der Waals surface area contributed by atoms with Crippen LogP contribution in [0.15, 0.2) is 30.3 Å². The Morgan fingerprint density at radius 1 is 1.20 bits per heavy atom. The summed E-state index contributed by atoms with van der Waals surface area (Å²) in [6.07, 6.45) is 3.18. The first kappa shape index (κ1) is 14.1. The highest BCUT2D eigenvalue weighted by atomic mass is 16.3. The lowest BCUT2D eigenvalue weighted by atomic mass is 9.89. The van der Waals surface area contributed by atoms with Crippen LogP contribution in [0, 0.1) is 17.8 Å². The summed E-state index contributed by atoms with van der Waals surface area (Å²) in [6, 6.07) is 11.6. The van der Waals surface area contributed by atoms with Crippen LogP contribution in [-0.4, -0.2) is 16.7 Å². The molecule has 20 heavy (non-hydrogen) atoms. The van der Waals surface area contributed by atoms with Gasteiger partial charge in [0.15, 0.2) is 0 Å². The van der Waals surface area contributed by atoms with E-state index in [1.165, 1.54) is 12.0 Å². The molecule has 0 spiro atoms. The fourth-order valence-corrected chi connectivity index (χ4v) is 4.31. The van der Waals surface area contributed by atoms with Gasteiger partial charge in [0, 0.05) is 12.1 Å². The van der Waals surface area contributed by atoms with Crippen LogP contribution >= 0.6 is 0 Å². The van der Waals surface area contributed by atoms with Gasteiger partial charge in [-0.15, -0.1) is 0 Å². The van der Waals surface area contributed by atoms with Crippen molar-refractivity contribution < 1.29 is 5.11 Å². The third-order valence-electron chi connectivity index (χ3n) is 5.21. The fraction of sp³-hybridized carbons (Fsp3) is 0.667. The number of rotatable bonds is 3. The van der Waals surface area contributed by atoms with Crippen molar-refractivity contribution in [1.29, 1.82) is 0 Å². The van der Waals surface area contributed by atoms with Crippen molar-refractivity contribution in [2.45, 2.75) is 57.7 Å². The summed E-state index contributed by atoms with van der Waals surface area (Å²) in [5.74, 6) is 2.07. The maximum absolute atomic E-state index is 10.5. The van der Waals surface area contributed by atoms with Crippen molar-refractivity contribution in [3.8, 4) is 0 Å². The smallest absolute Gasteiger partial charge is 0.0625 e. The van der Waals surface area contributed by atoms with Crippen LogP contribution in [0.1, 0.15) is 51.6 Å². The summed E-state index contributed by atoms with van der Waals surface area (Å²) in [5.41, 5.74) is 0.888. The van der Waals surface area contributed by atoms with Crippen LogP contribution in [0.4, 0.5) is 0 Å². The van der Waals surface area contributed by atoms with Gasteiger partial charge in [-0.25, -0.2) is 0 Å². The van der Waals surface area contributed by atoms with Gasteiger partial charge in [-0.2, -0.15) is 0 Å². The van der Waals surface area contributed by atoms with E-state index in [4.69, 9.17) is 0 Å². The first-order chi connectivity index (χ1) is 9.46. The molecular weight excluding hydrogens is 246 g/mol. The molecule has 3 rings (SSSR count). The Kier molecular flexibility index (Phi) is 3.64. The predicted octanol–water partition coefficient (Wildman–Crippen LogP) is 3.52. The maximum atomic E-state index is 10.5. The Bertz CT molecular complexity index is 456. The van der Waals surface area contributed by atoms with Gasteiger partial charge in [-0.1, -0.05) is 37.3 Å². The van der Waals surface area contributed by atoms with Gasteiger partial charge in [-0.3, -0.25) is 0 Å². The SMILES string of the molecule is CC1CC2C(CC(C)(O)C1)C2N[C@@H](C)c1ccccc1. The number of hydrogen-bond acceptors (Lipinski definition) is 2. The average Bonchev–Trinajstić information content (AvgIpc) is 3.02. The van der Waals surface area contributed by atoms with E-state index in [0.29, 0.717) is 23.9 Å². The quantitative estimate of drug-likeness (QED) is 0.883. The molecular formula is C18H27NO. The van der Waals surface area contributed by atoms with Gasteiger partial charge < -0.3 is 10.4 Å². The van der Waals surface area contributed by atoms with E-state index in [0.717, 1.165) is 18.8 Å². The third-order valence-corrected chi connectivity index (χ3v) is 5.21. The van der Waals surface area contributed by atoms with E-state index in [1.54, 1.807) is 0 Å². The molecule has 2 aliphatic rings. The minimum atomic E-state index is -0.467. The van der Waals surface area contributed by atoms with Gasteiger partial charge in [-0.05, 0) is 56.4 Å². The van der Waals surface area contributed by atoms with E-state index < -0.39 is 5.60 Å². The molecule has 0 heterocycles. The Morgan fingerprint density at radius 2 is 1.90 bits per heavy atom. The highest BCUT2D eigenvalue weighted by molar-refractivity contribution is 5.20. The molecule has 0 radical (unpaired) electrons. The van der Waals surface area contributed by atoms with Gasteiger partial charge in [0.05, 0.1) is 5.60 Å². The second-order valence-electron chi connectivity index (χ2n) is 7.40. The topological polar surface area (TPSA) is 32.3 Å². The van der Waals surface area contributed by atoms with Crippen LogP contribution in [0.25, 0.3) is 0 Å². The molecule has 0 aliphatic heterocycles. The minimum Gasteiger partial charge on any atom is -0.390 e. The molecule has 0 amide bonds. The molecule has 6 atom stereocenters. The second kappa shape index (κ2) is 5.16. The van der Waals surface area contributed by atoms with Crippen LogP contribution in [0.2, 0.25) is 0 Å². The second-order valence-corrected chi connectivity index (χ2v) is 7.40. The third kappa shape index (κ3) is 2.91. The normalized spacial score (nSPS) is 41.6. The Labute approximate surface area is 122 Å². The predicted molar refractivity (Wildman–Crippen MR) is 82.4 cm³/mol. The van der Waals surface area contributed by atoms with Crippen LogP contribution in [-0.2, 0) is 0 Å². The molecule has 0 saturated heterocycles. The van der Waals surface area contributed by atoms with Crippen LogP contribution in [0.5, 0.6) is 0 Å². The van der Waals surface area contributed by atoms with Gasteiger partial charge in [0.25, 0.3) is 0 Å². The molecule has 2 N–H and O–H groups in total. The summed E-state index contributed by atoms with van der Waals surface area (Å²) in [7, 11) is 0. The fourth-order valence-electron chi connectivity index (χ4n) is 4.31. The number of fused-ring (bicyclic) bond motifs is 1. The zero-order valence-corrected chi connectivity index (χ0v) is 12.8. The number of aliphatic hydroxyl groups is 1. The minimum absolute atomic E-state index is 0.397. The zero-order chi connectivity index (χ0) is 14.3. The first-order valence-corrected chi connectivity index (χ1v) is 8.00. The van der Waals surface area contributed by atoms with Crippen molar-refractivity contribution in [1.82, 2.24) is 5.32 Å². The van der Waals surface area contributed by atoms with Gasteiger partial charge in [0.1, 0.15) is 0 Å².